The lowest BCUT2D eigenvalue weighted by Crippen LogP contribution is -2.02. The Kier molecular flexibility index (Phi) is 3.84. The Labute approximate surface area is 116 Å². The van der Waals surface area contributed by atoms with Crippen molar-refractivity contribution >= 4 is 33.5 Å². The van der Waals surface area contributed by atoms with Gasteiger partial charge in [-0.15, -0.1) is 0 Å². The topological polar surface area (TPSA) is 59.4 Å². The maximum atomic E-state index is 10.9. The number of aromatic carboxylic acids is 1. The molecule has 0 atom stereocenters. The monoisotopic (exact) mass is 327 g/mol. The number of halogens is 2. The maximum Gasteiger partial charge on any atom is 0.356 e. The van der Waals surface area contributed by atoms with Gasteiger partial charge < -0.3 is 9.84 Å². The lowest BCUT2D eigenvalue weighted by Gasteiger charge is -2.06. The maximum absolute atomic E-state index is 10.9. The first-order valence-electron chi connectivity index (χ1n) is 4.89. The van der Waals surface area contributed by atoms with Gasteiger partial charge in [-0.25, -0.2) is 9.78 Å². The number of carboxylic acid groups (broad SMARTS) is 1. The van der Waals surface area contributed by atoms with Crippen molar-refractivity contribution in [2.75, 3.05) is 0 Å². The number of hydrogen-bond acceptors (Lipinski definition) is 3. The van der Waals surface area contributed by atoms with Crippen LogP contribution in [0.5, 0.6) is 11.6 Å². The fraction of sp³-hybridized carbons (Fsp3) is 0. The second-order valence-corrected chi connectivity index (χ2v) is 4.66. The fourth-order valence-electron chi connectivity index (χ4n) is 1.25. The normalized spacial score (nSPS) is 10.1. The molecule has 0 aliphatic carbocycles. The third-order valence-electron chi connectivity index (χ3n) is 2.06. The van der Waals surface area contributed by atoms with E-state index in [-0.39, 0.29) is 16.6 Å². The molecular formula is C12H7BrClNO3. The molecule has 0 bridgehead atoms. The number of hydrogen-bond donors (Lipinski definition) is 1. The predicted octanol–water partition coefficient (Wildman–Crippen LogP) is 3.99. The van der Waals surface area contributed by atoms with Gasteiger partial charge in [-0.2, -0.15) is 0 Å². The van der Waals surface area contributed by atoms with Crippen LogP contribution in [0.1, 0.15) is 10.5 Å². The summed E-state index contributed by atoms with van der Waals surface area (Å²) in [6.07, 6.45) is 0. The van der Waals surface area contributed by atoms with Gasteiger partial charge in [0, 0.05) is 10.5 Å². The van der Waals surface area contributed by atoms with Gasteiger partial charge in [0.15, 0.2) is 5.69 Å². The fourth-order valence-corrected chi connectivity index (χ4v) is 1.70. The average Bonchev–Trinajstić information content (AvgIpc) is 2.34. The van der Waals surface area contributed by atoms with Crippen molar-refractivity contribution in [2.24, 2.45) is 0 Å². The Morgan fingerprint density at radius 1 is 1.22 bits per heavy atom. The quantitative estimate of drug-likeness (QED) is 0.925. The third kappa shape index (κ3) is 3.00. The van der Waals surface area contributed by atoms with Crippen molar-refractivity contribution in [1.82, 2.24) is 4.98 Å². The molecule has 92 valence electrons. The number of ether oxygens (including phenoxy) is 1. The number of carbonyl (C=O) groups is 1. The molecule has 0 saturated carbocycles. The minimum absolute atomic E-state index is 0.0747. The molecule has 1 aromatic heterocycles. The van der Waals surface area contributed by atoms with Crippen LogP contribution >= 0.6 is 27.5 Å². The zero-order chi connectivity index (χ0) is 13.1. The molecule has 1 heterocycles. The van der Waals surface area contributed by atoms with E-state index in [1.54, 1.807) is 12.1 Å². The van der Waals surface area contributed by atoms with E-state index in [9.17, 15) is 4.79 Å². The van der Waals surface area contributed by atoms with Crippen LogP contribution in [0.2, 0.25) is 5.02 Å². The number of carboxylic acids is 1. The van der Waals surface area contributed by atoms with Gasteiger partial charge in [0.2, 0.25) is 5.88 Å². The standard InChI is InChI=1S/C12H7BrClNO3/c13-7-1-3-8(4-2-7)18-10-6-5-9(14)11(15-10)12(16)17/h1-6H,(H,16,17). The summed E-state index contributed by atoms with van der Waals surface area (Å²) in [5.41, 5.74) is -0.230. The second kappa shape index (κ2) is 5.37. The van der Waals surface area contributed by atoms with E-state index >= 15 is 0 Å². The van der Waals surface area contributed by atoms with Gasteiger partial charge in [0.05, 0.1) is 5.02 Å². The van der Waals surface area contributed by atoms with Gasteiger partial charge >= 0.3 is 5.97 Å². The second-order valence-electron chi connectivity index (χ2n) is 3.34. The number of rotatable bonds is 3. The molecule has 2 rings (SSSR count). The van der Waals surface area contributed by atoms with E-state index in [2.05, 4.69) is 20.9 Å². The first kappa shape index (κ1) is 12.9. The van der Waals surface area contributed by atoms with Gasteiger partial charge in [-0.3, -0.25) is 0 Å². The van der Waals surface area contributed by atoms with Crippen molar-refractivity contribution in [3.63, 3.8) is 0 Å². The summed E-state index contributed by atoms with van der Waals surface area (Å²) in [4.78, 5) is 14.7. The number of aromatic nitrogens is 1. The SMILES string of the molecule is O=C(O)c1nc(Oc2ccc(Br)cc2)ccc1Cl. The van der Waals surface area contributed by atoms with Crippen LogP contribution in [0.4, 0.5) is 0 Å². The molecule has 2 aromatic rings. The summed E-state index contributed by atoms with van der Waals surface area (Å²) in [6, 6.07) is 10.0. The van der Waals surface area contributed by atoms with Crippen LogP contribution in [0.25, 0.3) is 0 Å². The lowest BCUT2D eigenvalue weighted by molar-refractivity contribution is 0.0690. The van der Waals surface area contributed by atoms with E-state index in [1.807, 2.05) is 12.1 Å². The van der Waals surface area contributed by atoms with Crippen LogP contribution < -0.4 is 4.74 Å². The Morgan fingerprint density at radius 3 is 2.50 bits per heavy atom. The van der Waals surface area contributed by atoms with Crippen molar-refractivity contribution < 1.29 is 14.6 Å². The largest absolute Gasteiger partial charge is 0.476 e. The van der Waals surface area contributed by atoms with E-state index in [0.717, 1.165) is 4.47 Å². The molecule has 1 N–H and O–H groups in total. The van der Waals surface area contributed by atoms with Crippen molar-refractivity contribution in [3.8, 4) is 11.6 Å². The molecule has 4 nitrogen and oxygen atoms in total. The Bertz CT molecular complexity index is 586. The van der Waals surface area contributed by atoms with Crippen molar-refractivity contribution in [1.29, 1.82) is 0 Å². The molecule has 0 radical (unpaired) electrons. The van der Waals surface area contributed by atoms with E-state index in [0.29, 0.717) is 5.75 Å². The van der Waals surface area contributed by atoms with Gasteiger partial charge in [0.25, 0.3) is 0 Å². The molecule has 0 spiro atoms. The summed E-state index contributed by atoms with van der Waals surface area (Å²) in [7, 11) is 0. The molecule has 0 aliphatic heterocycles. The van der Waals surface area contributed by atoms with Gasteiger partial charge in [0.1, 0.15) is 5.75 Å². The van der Waals surface area contributed by atoms with Crippen molar-refractivity contribution in [2.45, 2.75) is 0 Å². The summed E-state index contributed by atoms with van der Waals surface area (Å²) >= 11 is 9.01. The minimum atomic E-state index is -1.19. The molecule has 1 aromatic carbocycles. The molecule has 18 heavy (non-hydrogen) atoms. The van der Waals surface area contributed by atoms with Gasteiger partial charge in [-0.1, -0.05) is 27.5 Å². The first-order chi connectivity index (χ1) is 8.56. The summed E-state index contributed by atoms with van der Waals surface area (Å²) in [6.45, 7) is 0. The van der Waals surface area contributed by atoms with E-state index in [1.165, 1.54) is 12.1 Å². The van der Waals surface area contributed by atoms with Crippen LogP contribution in [-0.4, -0.2) is 16.1 Å². The van der Waals surface area contributed by atoms with E-state index < -0.39 is 5.97 Å². The summed E-state index contributed by atoms with van der Waals surface area (Å²) in [5.74, 6) is -0.454. The molecule has 0 amide bonds. The highest BCUT2D eigenvalue weighted by Gasteiger charge is 2.12. The Hall–Kier alpha value is -1.59. The molecular weight excluding hydrogens is 321 g/mol. The van der Waals surface area contributed by atoms with Crippen LogP contribution in [-0.2, 0) is 0 Å². The smallest absolute Gasteiger partial charge is 0.356 e. The molecule has 0 aliphatic rings. The summed E-state index contributed by atoms with van der Waals surface area (Å²) < 4.78 is 6.35. The number of pyridine rings is 1. The van der Waals surface area contributed by atoms with Crippen molar-refractivity contribution in [3.05, 3.63) is 51.6 Å². The highest BCUT2D eigenvalue weighted by Crippen LogP contribution is 2.24. The average molecular weight is 329 g/mol. The van der Waals surface area contributed by atoms with Crippen LogP contribution in [0.15, 0.2) is 40.9 Å². The first-order valence-corrected chi connectivity index (χ1v) is 6.06. The van der Waals surface area contributed by atoms with Crippen LogP contribution in [0, 0.1) is 0 Å². The highest BCUT2D eigenvalue weighted by molar-refractivity contribution is 9.10. The number of benzene rings is 1. The minimum Gasteiger partial charge on any atom is -0.476 e. The molecule has 0 unspecified atom stereocenters. The van der Waals surface area contributed by atoms with Crippen LogP contribution in [0.3, 0.4) is 0 Å². The zero-order valence-corrected chi connectivity index (χ0v) is 11.3. The molecule has 6 heteroatoms. The third-order valence-corrected chi connectivity index (χ3v) is 2.89. The van der Waals surface area contributed by atoms with E-state index in [4.69, 9.17) is 21.4 Å². The highest BCUT2D eigenvalue weighted by atomic mass is 79.9. The summed E-state index contributed by atoms with van der Waals surface area (Å²) in [5, 5.41) is 8.96. The molecule has 0 fully saturated rings. The van der Waals surface area contributed by atoms with Gasteiger partial charge in [-0.05, 0) is 30.3 Å². The molecule has 0 saturated heterocycles. The number of nitrogens with zero attached hydrogens (tertiary/aromatic N) is 1. The zero-order valence-electron chi connectivity index (χ0n) is 8.93. The Balaban J connectivity index is 2.27. The lowest BCUT2D eigenvalue weighted by atomic mass is 10.3. The Morgan fingerprint density at radius 2 is 1.89 bits per heavy atom. The predicted molar refractivity (Wildman–Crippen MR) is 70.4 cm³/mol.